The lowest BCUT2D eigenvalue weighted by atomic mass is 9.94. The Labute approximate surface area is 249 Å². The molecule has 1 aromatic heterocycles. The van der Waals surface area contributed by atoms with Crippen molar-refractivity contribution < 1.29 is 28.5 Å². The van der Waals surface area contributed by atoms with Gasteiger partial charge in [-0.3, -0.25) is 9.36 Å². The molecule has 0 bridgehead atoms. The highest BCUT2D eigenvalue weighted by Gasteiger charge is 2.36. The first-order chi connectivity index (χ1) is 20.2. The predicted octanol–water partition coefficient (Wildman–Crippen LogP) is 4.27. The Hall–Kier alpha value is -3.89. The van der Waals surface area contributed by atoms with Crippen LogP contribution in [0, 0.1) is 6.92 Å². The number of methoxy groups -OCH3 is 3. The Kier molecular flexibility index (Phi) is 9.90. The molecule has 42 heavy (non-hydrogen) atoms. The van der Waals surface area contributed by atoms with E-state index in [0.29, 0.717) is 38.7 Å². The standard InChI is InChI=1S/C32H38N2O7S/c1-9-40-29-22(11-10-12-24(29)38-7)28-27(31(36)41-14-13-37-6)20(5)33-32-34(28)30(35)26(42-32)17-21-16-23(18(2)3)25(39-8)15-19(21)4/h10-12,15-18,28H,9,13-14H2,1-8H3/b26-17+/t28-/m1/s1. The van der Waals surface area contributed by atoms with Gasteiger partial charge in [-0.05, 0) is 67.7 Å². The highest BCUT2D eigenvalue weighted by atomic mass is 32.1. The van der Waals surface area contributed by atoms with Gasteiger partial charge in [-0.1, -0.05) is 37.3 Å². The van der Waals surface area contributed by atoms with Crippen LogP contribution in [-0.4, -0.2) is 51.7 Å². The number of carbonyl (C=O) groups excluding carboxylic acids is 1. The maximum absolute atomic E-state index is 14.2. The molecule has 0 saturated heterocycles. The van der Waals surface area contributed by atoms with Crippen molar-refractivity contribution in [2.75, 3.05) is 41.2 Å². The van der Waals surface area contributed by atoms with E-state index in [-0.39, 0.29) is 30.3 Å². The van der Waals surface area contributed by atoms with E-state index in [0.717, 1.165) is 22.4 Å². The summed E-state index contributed by atoms with van der Waals surface area (Å²) in [7, 11) is 4.75. The van der Waals surface area contributed by atoms with Gasteiger partial charge in [0.1, 0.15) is 18.4 Å². The Morgan fingerprint density at radius 1 is 1.10 bits per heavy atom. The minimum Gasteiger partial charge on any atom is -0.496 e. The molecule has 0 unspecified atom stereocenters. The lowest BCUT2D eigenvalue weighted by Gasteiger charge is -2.27. The minimum absolute atomic E-state index is 0.0641. The number of allylic oxidation sites excluding steroid dienone is 1. The molecule has 1 atom stereocenters. The number of fused-ring (bicyclic) bond motifs is 1. The fraction of sp³-hybridized carbons (Fsp3) is 0.406. The molecule has 0 N–H and O–H groups in total. The topological polar surface area (TPSA) is 97.6 Å². The van der Waals surface area contributed by atoms with Crippen LogP contribution in [0.2, 0.25) is 0 Å². The lowest BCUT2D eigenvalue weighted by Crippen LogP contribution is -2.40. The molecule has 2 aromatic carbocycles. The number of rotatable bonds is 11. The number of benzene rings is 2. The third-order valence-corrected chi connectivity index (χ3v) is 8.08. The van der Waals surface area contributed by atoms with Gasteiger partial charge in [0.25, 0.3) is 5.56 Å². The van der Waals surface area contributed by atoms with Crippen molar-refractivity contribution in [2.45, 2.75) is 46.6 Å². The fourth-order valence-electron chi connectivity index (χ4n) is 5.02. The quantitative estimate of drug-likeness (QED) is 0.242. The van der Waals surface area contributed by atoms with Gasteiger partial charge in [0.15, 0.2) is 16.3 Å². The summed E-state index contributed by atoms with van der Waals surface area (Å²) in [6, 6.07) is 8.63. The van der Waals surface area contributed by atoms with Crippen LogP contribution in [0.5, 0.6) is 17.2 Å². The van der Waals surface area contributed by atoms with Crippen LogP contribution >= 0.6 is 11.3 Å². The second-order valence-electron chi connectivity index (χ2n) is 10.1. The first kappa shape index (κ1) is 31.1. The van der Waals surface area contributed by atoms with Crippen LogP contribution in [-0.2, 0) is 14.3 Å². The van der Waals surface area contributed by atoms with Crippen LogP contribution in [0.4, 0.5) is 0 Å². The number of hydrogen-bond donors (Lipinski definition) is 0. The zero-order valence-electron chi connectivity index (χ0n) is 25.4. The summed E-state index contributed by atoms with van der Waals surface area (Å²) in [6.07, 6.45) is 1.88. The van der Waals surface area contributed by atoms with E-state index in [1.807, 2.05) is 38.1 Å². The molecule has 0 fully saturated rings. The summed E-state index contributed by atoms with van der Waals surface area (Å²) >= 11 is 1.27. The van der Waals surface area contributed by atoms with E-state index >= 15 is 0 Å². The Bertz CT molecular complexity index is 1680. The van der Waals surface area contributed by atoms with Crippen LogP contribution in [0.25, 0.3) is 6.08 Å². The number of ether oxygens (including phenoxy) is 5. The van der Waals surface area contributed by atoms with Crippen molar-refractivity contribution in [1.82, 2.24) is 4.57 Å². The molecule has 0 spiro atoms. The normalized spacial score (nSPS) is 15.0. The number of carbonyl (C=O) groups is 1. The Morgan fingerprint density at radius 3 is 2.48 bits per heavy atom. The van der Waals surface area contributed by atoms with Gasteiger partial charge in [-0.2, -0.15) is 0 Å². The first-order valence-corrected chi connectivity index (χ1v) is 14.6. The molecular weight excluding hydrogens is 556 g/mol. The van der Waals surface area contributed by atoms with Crippen LogP contribution in [0.15, 0.2) is 51.4 Å². The number of nitrogens with zero attached hydrogens (tertiary/aromatic N) is 2. The van der Waals surface area contributed by atoms with E-state index < -0.39 is 12.0 Å². The molecule has 9 nitrogen and oxygen atoms in total. The first-order valence-electron chi connectivity index (χ1n) is 13.8. The zero-order valence-corrected chi connectivity index (χ0v) is 26.2. The SMILES string of the molecule is CCOc1c(OC)cccc1[C@@H]1C(C(=O)OCCOC)=C(C)N=c2s/c(=C/c3cc(C(C)C)c(OC)cc3C)c(=O)n21. The summed E-state index contributed by atoms with van der Waals surface area (Å²) in [4.78, 5) is 32.9. The molecule has 1 aliphatic heterocycles. The molecule has 0 amide bonds. The Morgan fingerprint density at radius 2 is 1.83 bits per heavy atom. The van der Waals surface area contributed by atoms with Crippen LogP contribution in [0.1, 0.15) is 61.9 Å². The van der Waals surface area contributed by atoms with Crippen LogP contribution in [0.3, 0.4) is 0 Å². The molecular formula is C32H38N2O7S. The van der Waals surface area contributed by atoms with Gasteiger partial charge >= 0.3 is 5.97 Å². The number of aromatic nitrogens is 1. The molecule has 0 aliphatic carbocycles. The molecule has 0 radical (unpaired) electrons. The minimum atomic E-state index is -0.849. The Balaban J connectivity index is 1.99. The van der Waals surface area contributed by atoms with E-state index in [2.05, 4.69) is 19.9 Å². The third kappa shape index (κ3) is 6.00. The number of esters is 1. The number of para-hydroxylation sites is 1. The van der Waals surface area contributed by atoms with Gasteiger partial charge < -0.3 is 23.7 Å². The van der Waals surface area contributed by atoms with Crippen molar-refractivity contribution in [3.63, 3.8) is 0 Å². The average Bonchev–Trinajstić information content (AvgIpc) is 3.27. The van der Waals surface area contributed by atoms with Gasteiger partial charge in [-0.15, -0.1) is 0 Å². The molecule has 1 aliphatic rings. The summed E-state index contributed by atoms with van der Waals surface area (Å²) in [6.45, 7) is 10.5. The number of thiazole rings is 1. The predicted molar refractivity (Wildman–Crippen MR) is 163 cm³/mol. The fourth-order valence-corrected chi connectivity index (χ4v) is 6.06. The van der Waals surface area contributed by atoms with Crippen LogP contribution < -0.4 is 29.1 Å². The molecule has 4 rings (SSSR count). The van der Waals surface area contributed by atoms with Crippen molar-refractivity contribution >= 4 is 23.4 Å². The lowest BCUT2D eigenvalue weighted by molar-refractivity contribution is -0.140. The monoisotopic (exact) mass is 594 g/mol. The average molecular weight is 595 g/mol. The maximum atomic E-state index is 14.2. The van der Waals surface area contributed by atoms with E-state index in [1.165, 1.54) is 18.4 Å². The van der Waals surface area contributed by atoms with E-state index in [1.54, 1.807) is 31.8 Å². The highest BCUT2D eigenvalue weighted by Crippen LogP contribution is 2.41. The van der Waals surface area contributed by atoms with Crippen molar-refractivity contribution in [3.05, 3.63) is 83.5 Å². The molecule has 0 saturated carbocycles. The van der Waals surface area contributed by atoms with Gasteiger partial charge in [0, 0.05) is 12.7 Å². The van der Waals surface area contributed by atoms with Gasteiger partial charge in [-0.25, -0.2) is 9.79 Å². The van der Waals surface area contributed by atoms with Crippen molar-refractivity contribution in [2.24, 2.45) is 4.99 Å². The third-order valence-electron chi connectivity index (χ3n) is 7.10. The van der Waals surface area contributed by atoms with Crippen molar-refractivity contribution in [3.8, 4) is 17.2 Å². The second-order valence-corrected chi connectivity index (χ2v) is 11.1. The van der Waals surface area contributed by atoms with Crippen molar-refractivity contribution in [1.29, 1.82) is 0 Å². The number of aryl methyl sites for hydroxylation is 1. The molecule has 3 aromatic rings. The molecule has 2 heterocycles. The second kappa shape index (κ2) is 13.4. The van der Waals surface area contributed by atoms with E-state index in [4.69, 9.17) is 28.7 Å². The number of hydrogen-bond acceptors (Lipinski definition) is 9. The molecule has 224 valence electrons. The van der Waals surface area contributed by atoms with Gasteiger partial charge in [0.05, 0.1) is 43.2 Å². The maximum Gasteiger partial charge on any atom is 0.338 e. The smallest absolute Gasteiger partial charge is 0.338 e. The van der Waals surface area contributed by atoms with Gasteiger partial charge in [0.2, 0.25) is 0 Å². The summed E-state index contributed by atoms with van der Waals surface area (Å²) in [5.74, 6) is 1.41. The molecule has 10 heteroatoms. The highest BCUT2D eigenvalue weighted by molar-refractivity contribution is 7.07. The van der Waals surface area contributed by atoms with E-state index in [9.17, 15) is 9.59 Å². The summed E-state index contributed by atoms with van der Waals surface area (Å²) < 4.78 is 29.9. The largest absolute Gasteiger partial charge is 0.496 e. The summed E-state index contributed by atoms with van der Waals surface area (Å²) in [5, 5.41) is 0. The zero-order chi connectivity index (χ0) is 30.6. The summed E-state index contributed by atoms with van der Waals surface area (Å²) in [5.41, 5.74) is 3.97.